The Morgan fingerprint density at radius 2 is 2.00 bits per heavy atom. The summed E-state index contributed by atoms with van der Waals surface area (Å²) in [5.74, 6) is 0.637. The number of nitrogens with zero attached hydrogens (tertiary/aromatic N) is 4. The molecule has 2 radical (unpaired) electrons. The molecule has 0 aliphatic carbocycles. The average molecular weight is 454 g/mol. The first-order chi connectivity index (χ1) is 14.8. The molecule has 0 bridgehead atoms. The van der Waals surface area contributed by atoms with Gasteiger partial charge in [0.15, 0.2) is 23.2 Å². The lowest BCUT2D eigenvalue weighted by molar-refractivity contribution is -0.119. The number of aliphatic hydroxyl groups excluding tert-OH is 1. The summed E-state index contributed by atoms with van der Waals surface area (Å²) in [6.07, 6.45) is 2.64. The van der Waals surface area contributed by atoms with E-state index in [9.17, 15) is 10.00 Å². The molecule has 1 aliphatic heterocycles. The highest BCUT2D eigenvalue weighted by atomic mass is 31.2. The van der Waals surface area contributed by atoms with Gasteiger partial charge >= 0.3 is 15.4 Å². The van der Waals surface area contributed by atoms with E-state index < -0.39 is 26.3 Å². The summed E-state index contributed by atoms with van der Waals surface area (Å²) in [7, 11) is 2.09. The molecule has 7 N–H and O–H groups in total. The number of nitrogens with one attached hydrogen (secondary N) is 1. The van der Waals surface area contributed by atoms with E-state index in [4.69, 9.17) is 32.8 Å². The zero-order chi connectivity index (χ0) is 22.4. The third kappa shape index (κ3) is 6.22. The van der Waals surface area contributed by atoms with Crippen molar-refractivity contribution in [2.24, 2.45) is 5.73 Å². The summed E-state index contributed by atoms with van der Waals surface area (Å²) < 4.78 is 18.1. The molecule has 2 aromatic heterocycles. The van der Waals surface area contributed by atoms with Gasteiger partial charge in [-0.25, -0.2) is 19.8 Å². The van der Waals surface area contributed by atoms with E-state index in [1.165, 1.54) is 6.33 Å². The van der Waals surface area contributed by atoms with E-state index in [1.54, 1.807) is 11.5 Å². The lowest BCUT2D eigenvalue weighted by atomic mass is 10.2. The average Bonchev–Trinajstić information content (AvgIpc) is 3.12. The first-order valence-electron chi connectivity index (χ1n) is 10.3. The van der Waals surface area contributed by atoms with Crippen LogP contribution >= 0.6 is 7.82 Å². The Kier molecular flexibility index (Phi) is 8.40. The number of anilines is 2. The largest absolute Gasteiger partial charge is 0.488 e. The van der Waals surface area contributed by atoms with Crippen LogP contribution in [-0.2, 0) is 13.8 Å². The van der Waals surface area contributed by atoms with Gasteiger partial charge in [0.2, 0.25) is 5.95 Å². The van der Waals surface area contributed by atoms with Gasteiger partial charge in [0.1, 0.15) is 25.6 Å². The normalized spacial score (nSPS) is 27.5. The van der Waals surface area contributed by atoms with Crippen LogP contribution in [0.5, 0.6) is 0 Å². The molecule has 170 valence electrons. The minimum atomic E-state index is -3.55. The van der Waals surface area contributed by atoms with E-state index in [-0.39, 0.29) is 19.0 Å². The topological polar surface area (TPSA) is 176 Å². The number of unbranched alkanes of at least 4 members (excludes halogenated alkanes) is 3. The number of nitrogens with two attached hydrogens (primary N) is 2. The number of imidazole rings is 1. The van der Waals surface area contributed by atoms with Gasteiger partial charge in [-0.3, -0.25) is 4.57 Å². The van der Waals surface area contributed by atoms with Gasteiger partial charge in [-0.05, 0) is 26.3 Å². The standard InChI is InChI=1S/C17H30BN7O5P/c1-11-8-28-31(18,27)29-9-12(26)16(30-11)25-15-13(14(20)22-10-23-15)24-17(25)21-7-5-3-2-4-6-19/h10-12,16,26-27H,2-9,19H2,1H3,(H,21,24)(H2,20,22,23)/q+1/t11-,12-,16+,31?/m0/s1. The van der Waals surface area contributed by atoms with Crippen molar-refractivity contribution in [3.05, 3.63) is 6.33 Å². The van der Waals surface area contributed by atoms with Crippen molar-refractivity contribution in [1.82, 2.24) is 19.5 Å². The van der Waals surface area contributed by atoms with Crippen LogP contribution in [0.1, 0.15) is 38.8 Å². The molecule has 0 saturated carbocycles. The minimum Gasteiger partial charge on any atom is -0.386 e. The molecule has 3 heterocycles. The van der Waals surface area contributed by atoms with Crippen LogP contribution in [0.3, 0.4) is 0 Å². The van der Waals surface area contributed by atoms with E-state index in [0.29, 0.717) is 30.2 Å². The van der Waals surface area contributed by atoms with Gasteiger partial charge in [-0.15, -0.1) is 0 Å². The number of hydrogen-bond donors (Lipinski definition) is 5. The van der Waals surface area contributed by atoms with Gasteiger partial charge in [0.05, 0.1) is 6.10 Å². The second-order valence-corrected chi connectivity index (χ2v) is 9.07. The van der Waals surface area contributed by atoms with Gasteiger partial charge in [0, 0.05) is 6.54 Å². The molecule has 1 aliphatic rings. The predicted molar refractivity (Wildman–Crippen MR) is 118 cm³/mol. The van der Waals surface area contributed by atoms with Crippen LogP contribution < -0.4 is 16.8 Å². The van der Waals surface area contributed by atoms with Crippen molar-refractivity contribution < 1.29 is 23.8 Å². The summed E-state index contributed by atoms with van der Waals surface area (Å²) in [6.45, 7) is 2.74. The summed E-state index contributed by atoms with van der Waals surface area (Å²) >= 11 is 0. The lowest BCUT2D eigenvalue weighted by Gasteiger charge is -2.27. The van der Waals surface area contributed by atoms with Crippen molar-refractivity contribution in [2.75, 3.05) is 37.4 Å². The van der Waals surface area contributed by atoms with E-state index in [0.717, 1.165) is 25.7 Å². The fraction of sp³-hybridized carbons (Fsp3) is 0.706. The highest BCUT2D eigenvalue weighted by Gasteiger charge is 2.40. The molecule has 3 rings (SSSR count). The fourth-order valence-electron chi connectivity index (χ4n) is 3.23. The van der Waals surface area contributed by atoms with Crippen LogP contribution in [0.25, 0.3) is 11.2 Å². The first-order valence-corrected chi connectivity index (χ1v) is 11.9. The summed E-state index contributed by atoms with van der Waals surface area (Å²) in [5.41, 5.74) is 12.3. The maximum Gasteiger partial charge on any atom is 0.488 e. The number of hydrogen-bond acceptors (Lipinski definition) is 11. The van der Waals surface area contributed by atoms with E-state index in [1.807, 2.05) is 0 Å². The Morgan fingerprint density at radius 1 is 1.26 bits per heavy atom. The van der Waals surface area contributed by atoms with Crippen molar-refractivity contribution in [3.63, 3.8) is 0 Å². The molecule has 0 aromatic carbocycles. The van der Waals surface area contributed by atoms with Crippen molar-refractivity contribution >= 4 is 38.3 Å². The molecule has 1 fully saturated rings. The first kappa shape index (κ1) is 24.1. The molecule has 0 amide bonds. The van der Waals surface area contributed by atoms with Crippen LogP contribution in [0.15, 0.2) is 6.33 Å². The fourth-order valence-corrected chi connectivity index (χ4v) is 4.09. The minimum absolute atomic E-state index is 0.0162. The molecular weight excluding hydrogens is 424 g/mol. The number of aliphatic hydroxyl groups is 1. The Hall–Kier alpha value is -1.60. The van der Waals surface area contributed by atoms with Gasteiger partial charge in [0.25, 0.3) is 0 Å². The second kappa shape index (κ2) is 10.8. The second-order valence-electron chi connectivity index (χ2n) is 7.43. The van der Waals surface area contributed by atoms with Crippen molar-refractivity contribution in [3.8, 4) is 0 Å². The van der Waals surface area contributed by atoms with Crippen LogP contribution in [-0.4, -0.2) is 75.6 Å². The van der Waals surface area contributed by atoms with Crippen LogP contribution in [0.4, 0.5) is 11.8 Å². The van der Waals surface area contributed by atoms with Crippen LogP contribution in [0, 0.1) is 0 Å². The number of rotatable bonds is 8. The molecule has 1 saturated heterocycles. The maximum atomic E-state index is 10.8. The Labute approximate surface area is 182 Å². The van der Waals surface area contributed by atoms with Gasteiger partial charge < -0.3 is 26.6 Å². The van der Waals surface area contributed by atoms with Gasteiger partial charge in [-0.1, -0.05) is 12.8 Å². The Morgan fingerprint density at radius 3 is 2.77 bits per heavy atom. The highest BCUT2D eigenvalue weighted by molar-refractivity contribution is 7.85. The predicted octanol–water partition coefficient (Wildman–Crippen LogP) is 0.489. The number of aromatic nitrogens is 4. The highest BCUT2D eigenvalue weighted by Crippen LogP contribution is 2.52. The molecule has 31 heavy (non-hydrogen) atoms. The zero-order valence-corrected chi connectivity index (χ0v) is 18.4. The molecule has 0 spiro atoms. The third-order valence-corrected chi connectivity index (χ3v) is 5.84. The quantitative estimate of drug-likeness (QED) is 0.213. The maximum absolute atomic E-state index is 10.8. The monoisotopic (exact) mass is 454 g/mol. The summed E-state index contributed by atoms with van der Waals surface area (Å²) in [6, 6.07) is 0. The third-order valence-electron chi connectivity index (χ3n) is 4.80. The molecular formula is C17H30BN7O5P+. The van der Waals surface area contributed by atoms with Gasteiger partial charge in [-0.2, -0.15) is 9.05 Å². The molecule has 14 heteroatoms. The number of fused-ring (bicyclic) bond motifs is 1. The molecule has 2 aromatic rings. The Bertz CT molecular complexity index is 858. The molecule has 1 unspecified atom stereocenters. The van der Waals surface area contributed by atoms with Crippen molar-refractivity contribution in [1.29, 1.82) is 0 Å². The zero-order valence-electron chi connectivity index (χ0n) is 17.6. The summed E-state index contributed by atoms with van der Waals surface area (Å²) in [5, 5.41) is 14.1. The van der Waals surface area contributed by atoms with E-state index in [2.05, 4.69) is 20.3 Å². The molecule has 12 nitrogen and oxygen atoms in total. The van der Waals surface area contributed by atoms with Crippen molar-refractivity contribution in [2.45, 2.75) is 51.0 Å². The number of nitrogen functional groups attached to an aromatic ring is 1. The SMILES string of the molecule is [B][P+]1(O)OC[C@H](C)O[C@@H](n2c(NCCCCCCN)nc3c(N)ncnc32)[C@@H](O)CO1. The molecule has 4 atom stereocenters. The lowest BCUT2D eigenvalue weighted by Crippen LogP contribution is -2.33. The smallest absolute Gasteiger partial charge is 0.386 e. The Balaban J connectivity index is 1.89. The number of ether oxygens (including phenoxy) is 1. The van der Waals surface area contributed by atoms with E-state index >= 15 is 0 Å². The van der Waals surface area contributed by atoms with Crippen LogP contribution in [0.2, 0.25) is 0 Å². The summed E-state index contributed by atoms with van der Waals surface area (Å²) in [4.78, 5) is 22.9.